The summed E-state index contributed by atoms with van der Waals surface area (Å²) < 4.78 is 15.9. The first-order chi connectivity index (χ1) is 6.74. The molecule has 5 nitrogen and oxygen atoms in total. The van der Waals surface area contributed by atoms with Crippen molar-refractivity contribution >= 4 is 8.80 Å². The normalized spacial score (nSPS) is 11.6. The van der Waals surface area contributed by atoms with Gasteiger partial charge in [0.15, 0.2) is 0 Å². The van der Waals surface area contributed by atoms with Crippen molar-refractivity contribution in [3.05, 3.63) is 12.3 Å². The molecule has 0 saturated heterocycles. The summed E-state index contributed by atoms with van der Waals surface area (Å²) >= 11 is 0. The van der Waals surface area contributed by atoms with Gasteiger partial charge in [0.25, 0.3) is 0 Å². The molecule has 0 saturated carbocycles. The second kappa shape index (κ2) is 8.10. The quantitative estimate of drug-likeness (QED) is 0.524. The van der Waals surface area contributed by atoms with Crippen molar-refractivity contribution in [3.8, 4) is 0 Å². The largest absolute Gasteiger partial charge is 0.529 e. The Hall–Kier alpha value is -0.243. The first-order valence-electron chi connectivity index (χ1n) is 4.51. The molecule has 2 N–H and O–H groups in total. The van der Waals surface area contributed by atoms with Crippen LogP contribution in [0.5, 0.6) is 0 Å². The van der Waals surface area contributed by atoms with E-state index in [2.05, 4.69) is 6.58 Å². The van der Waals surface area contributed by atoms with Gasteiger partial charge < -0.3 is 23.5 Å². The Morgan fingerprint density at radius 1 is 1.14 bits per heavy atom. The van der Waals surface area contributed by atoms with Crippen molar-refractivity contribution in [2.75, 3.05) is 33.0 Å². The van der Waals surface area contributed by atoms with Crippen molar-refractivity contribution in [2.45, 2.75) is 6.92 Å². The van der Waals surface area contributed by atoms with Crippen LogP contribution in [0.25, 0.3) is 0 Å². The summed E-state index contributed by atoms with van der Waals surface area (Å²) in [6.45, 7) is 5.92. The van der Waals surface area contributed by atoms with Gasteiger partial charge in [-0.25, -0.2) is 0 Å². The molecule has 14 heavy (non-hydrogen) atoms. The van der Waals surface area contributed by atoms with E-state index in [4.69, 9.17) is 23.5 Å². The minimum absolute atomic E-state index is 0.0991. The van der Waals surface area contributed by atoms with Crippen molar-refractivity contribution in [3.63, 3.8) is 0 Å². The SMILES string of the molecule is C=C[Si](OCC)(OCCO)OCCO. The lowest BCUT2D eigenvalue weighted by molar-refractivity contribution is 0.0500. The van der Waals surface area contributed by atoms with Crippen molar-refractivity contribution in [1.29, 1.82) is 0 Å². The summed E-state index contributed by atoms with van der Waals surface area (Å²) in [6, 6.07) is 0. The molecule has 0 radical (unpaired) electrons. The van der Waals surface area contributed by atoms with Crippen LogP contribution in [0.4, 0.5) is 0 Å². The molecule has 0 aliphatic carbocycles. The van der Waals surface area contributed by atoms with Crippen LogP contribution in [0.15, 0.2) is 12.3 Å². The smallest absolute Gasteiger partial charge is 0.394 e. The highest BCUT2D eigenvalue weighted by atomic mass is 28.4. The highest BCUT2D eigenvalue weighted by Gasteiger charge is 2.37. The number of aliphatic hydroxyl groups is 2. The maximum Gasteiger partial charge on any atom is 0.529 e. The maximum absolute atomic E-state index is 8.62. The van der Waals surface area contributed by atoms with Crippen molar-refractivity contribution in [1.82, 2.24) is 0 Å². The van der Waals surface area contributed by atoms with E-state index in [1.807, 2.05) is 6.92 Å². The molecule has 0 aromatic carbocycles. The first-order valence-corrected chi connectivity index (χ1v) is 6.32. The zero-order chi connectivity index (χ0) is 10.9. The average Bonchev–Trinajstić information content (AvgIpc) is 2.22. The summed E-state index contributed by atoms with van der Waals surface area (Å²) in [6.07, 6.45) is 0. The van der Waals surface area contributed by atoms with Gasteiger partial charge in [-0.05, 0) is 12.6 Å². The van der Waals surface area contributed by atoms with E-state index in [9.17, 15) is 0 Å². The molecule has 0 aromatic rings. The Morgan fingerprint density at radius 3 is 1.93 bits per heavy atom. The predicted molar refractivity (Wildman–Crippen MR) is 53.7 cm³/mol. The molecule has 0 bridgehead atoms. The number of aliphatic hydroxyl groups excluding tert-OH is 2. The van der Waals surface area contributed by atoms with Crippen LogP contribution in [-0.4, -0.2) is 52.1 Å². The fourth-order valence-electron chi connectivity index (χ4n) is 0.879. The minimum Gasteiger partial charge on any atom is -0.394 e. The van der Waals surface area contributed by atoms with Gasteiger partial charge in [0, 0.05) is 6.61 Å². The zero-order valence-electron chi connectivity index (χ0n) is 8.44. The third-order valence-corrected chi connectivity index (χ3v) is 3.79. The Labute approximate surface area is 85.3 Å². The minimum atomic E-state index is -2.87. The highest BCUT2D eigenvalue weighted by Crippen LogP contribution is 2.10. The summed E-state index contributed by atoms with van der Waals surface area (Å²) in [5.74, 6) is 0. The molecule has 0 fully saturated rings. The van der Waals surface area contributed by atoms with Gasteiger partial charge in [-0.15, -0.1) is 0 Å². The van der Waals surface area contributed by atoms with E-state index in [-0.39, 0.29) is 26.4 Å². The van der Waals surface area contributed by atoms with Gasteiger partial charge in [0.1, 0.15) is 0 Å². The number of hydrogen-bond acceptors (Lipinski definition) is 5. The van der Waals surface area contributed by atoms with Crippen LogP contribution in [0.1, 0.15) is 6.92 Å². The summed E-state index contributed by atoms with van der Waals surface area (Å²) in [5.41, 5.74) is 1.49. The summed E-state index contributed by atoms with van der Waals surface area (Å²) in [4.78, 5) is 0. The lowest BCUT2D eigenvalue weighted by Gasteiger charge is -2.25. The van der Waals surface area contributed by atoms with Gasteiger partial charge in [-0.1, -0.05) is 6.58 Å². The second-order valence-corrected chi connectivity index (χ2v) is 4.87. The van der Waals surface area contributed by atoms with E-state index < -0.39 is 8.80 Å². The van der Waals surface area contributed by atoms with E-state index in [1.165, 1.54) is 5.70 Å². The van der Waals surface area contributed by atoms with Crippen molar-refractivity contribution in [2.24, 2.45) is 0 Å². The molecule has 0 spiro atoms. The molecule has 0 rings (SSSR count). The average molecular weight is 222 g/mol. The Morgan fingerprint density at radius 2 is 1.64 bits per heavy atom. The topological polar surface area (TPSA) is 68.2 Å². The number of rotatable bonds is 9. The molecule has 0 heterocycles. The van der Waals surface area contributed by atoms with Gasteiger partial charge >= 0.3 is 8.80 Å². The molecule has 0 atom stereocenters. The van der Waals surface area contributed by atoms with E-state index in [0.717, 1.165) is 0 Å². The molecule has 0 aliphatic heterocycles. The molecular formula is C8H18O5Si. The Bertz CT molecular complexity index is 145. The van der Waals surface area contributed by atoms with Crippen LogP contribution in [0.2, 0.25) is 0 Å². The number of hydrogen-bond donors (Lipinski definition) is 2. The lowest BCUT2D eigenvalue weighted by atomic mass is 10.8. The van der Waals surface area contributed by atoms with Crippen LogP contribution < -0.4 is 0 Å². The maximum atomic E-state index is 8.62. The Kier molecular flexibility index (Phi) is 7.96. The summed E-state index contributed by atoms with van der Waals surface area (Å²) in [7, 11) is -2.87. The third kappa shape index (κ3) is 4.84. The van der Waals surface area contributed by atoms with E-state index in [0.29, 0.717) is 6.61 Å². The molecular weight excluding hydrogens is 204 g/mol. The van der Waals surface area contributed by atoms with E-state index >= 15 is 0 Å². The highest BCUT2D eigenvalue weighted by molar-refractivity contribution is 6.66. The third-order valence-electron chi connectivity index (χ3n) is 1.38. The predicted octanol–water partition coefficient (Wildman–Crippen LogP) is -0.295. The lowest BCUT2D eigenvalue weighted by Crippen LogP contribution is -2.45. The molecule has 6 heteroatoms. The molecule has 0 aromatic heterocycles. The van der Waals surface area contributed by atoms with Crippen LogP contribution in [-0.2, 0) is 13.3 Å². The van der Waals surface area contributed by atoms with Crippen LogP contribution in [0, 0.1) is 0 Å². The van der Waals surface area contributed by atoms with Gasteiger partial charge in [-0.3, -0.25) is 0 Å². The van der Waals surface area contributed by atoms with Gasteiger partial charge in [0.05, 0.1) is 26.4 Å². The monoisotopic (exact) mass is 222 g/mol. The molecule has 0 unspecified atom stereocenters. The molecule has 84 valence electrons. The van der Waals surface area contributed by atoms with Crippen LogP contribution in [0.3, 0.4) is 0 Å². The summed E-state index contributed by atoms with van der Waals surface area (Å²) in [5, 5.41) is 17.2. The second-order valence-electron chi connectivity index (χ2n) is 2.38. The molecule has 0 aliphatic rings. The zero-order valence-corrected chi connectivity index (χ0v) is 9.44. The fourth-order valence-corrected chi connectivity index (χ4v) is 2.64. The van der Waals surface area contributed by atoms with Crippen LogP contribution >= 0.6 is 0 Å². The van der Waals surface area contributed by atoms with E-state index in [1.54, 1.807) is 0 Å². The first kappa shape index (κ1) is 13.8. The fraction of sp³-hybridized carbons (Fsp3) is 0.750. The van der Waals surface area contributed by atoms with Crippen molar-refractivity contribution < 1.29 is 23.5 Å². The molecule has 0 amide bonds. The Balaban J connectivity index is 4.18. The van der Waals surface area contributed by atoms with Gasteiger partial charge in [0.2, 0.25) is 0 Å². The van der Waals surface area contributed by atoms with Gasteiger partial charge in [-0.2, -0.15) is 0 Å². The standard InChI is InChI=1S/C8H18O5Si/c1-3-11-14(4-2,12-7-5-9)13-8-6-10/h4,9-10H,2-3,5-8H2,1H3.